The first kappa shape index (κ1) is 21.3. The monoisotopic (exact) mass is 435 g/mol. The first-order chi connectivity index (χ1) is 14.0. The van der Waals surface area contributed by atoms with Crippen LogP contribution in [0, 0.1) is 5.92 Å². The van der Waals surface area contributed by atoms with E-state index in [1.807, 2.05) is 0 Å². The molecule has 0 aliphatic heterocycles. The average Bonchev–Trinajstić information content (AvgIpc) is 3.34. The number of nitrogens with zero attached hydrogens (tertiary/aromatic N) is 1. The van der Waals surface area contributed by atoms with Crippen molar-refractivity contribution in [2.45, 2.75) is 39.0 Å². The van der Waals surface area contributed by atoms with Crippen LogP contribution in [0.2, 0.25) is 4.34 Å². The Balaban J connectivity index is 1.80. The van der Waals surface area contributed by atoms with Crippen molar-refractivity contribution in [2.75, 3.05) is 17.2 Å². The van der Waals surface area contributed by atoms with Crippen molar-refractivity contribution in [1.29, 1.82) is 0 Å². The molecule has 2 amide bonds. The lowest BCUT2D eigenvalue weighted by molar-refractivity contribution is -0.142. The quantitative estimate of drug-likeness (QED) is 0.475. The number of halogens is 1. The third kappa shape index (κ3) is 5.77. The maximum Gasteiger partial charge on any atom is 0.325 e. The Kier molecular flexibility index (Phi) is 7.22. The summed E-state index contributed by atoms with van der Waals surface area (Å²) < 4.78 is 5.45. The van der Waals surface area contributed by atoms with Gasteiger partial charge in [-0.05, 0) is 37.5 Å². The van der Waals surface area contributed by atoms with Gasteiger partial charge >= 0.3 is 12.0 Å². The molecule has 3 rings (SSSR count). The lowest BCUT2D eigenvalue weighted by Gasteiger charge is -2.15. The molecule has 2 N–H and O–H groups in total. The number of thiazole rings is 1. The van der Waals surface area contributed by atoms with E-state index in [9.17, 15) is 14.4 Å². The number of ether oxygens (including phenoxy) is 1. The third-order valence-electron chi connectivity index (χ3n) is 4.68. The molecular weight excluding hydrogens is 414 g/mol. The molecule has 9 heteroatoms. The SMILES string of the molecule is CCOC(=O)Cc1ccc(NC(=O)Nc2ncc(Cl)s2)c(C(=O)C2CCCC2)c1. The fraction of sp³-hybridized carbons (Fsp3) is 0.400. The second kappa shape index (κ2) is 9.84. The first-order valence-corrected chi connectivity index (χ1v) is 10.7. The molecule has 1 aliphatic rings. The average molecular weight is 436 g/mol. The van der Waals surface area contributed by atoms with Gasteiger partial charge in [0.05, 0.1) is 24.9 Å². The van der Waals surface area contributed by atoms with Gasteiger partial charge in [0.2, 0.25) is 0 Å². The predicted molar refractivity (Wildman–Crippen MR) is 113 cm³/mol. The minimum atomic E-state index is -0.519. The summed E-state index contributed by atoms with van der Waals surface area (Å²) in [5, 5.41) is 5.67. The fourth-order valence-electron chi connectivity index (χ4n) is 3.36. The Bertz CT molecular complexity index is 909. The molecule has 2 aromatic rings. The molecule has 0 spiro atoms. The highest BCUT2D eigenvalue weighted by Gasteiger charge is 2.26. The number of carbonyl (C=O) groups is 3. The second-order valence-electron chi connectivity index (χ2n) is 6.76. The molecule has 154 valence electrons. The van der Waals surface area contributed by atoms with E-state index in [-0.39, 0.29) is 24.1 Å². The molecule has 0 unspecified atom stereocenters. The lowest BCUT2D eigenvalue weighted by atomic mass is 9.93. The van der Waals surface area contributed by atoms with Crippen molar-refractivity contribution in [3.8, 4) is 0 Å². The normalized spacial score (nSPS) is 13.9. The van der Waals surface area contributed by atoms with Gasteiger partial charge in [-0.3, -0.25) is 14.9 Å². The van der Waals surface area contributed by atoms with Crippen molar-refractivity contribution < 1.29 is 19.1 Å². The van der Waals surface area contributed by atoms with E-state index in [0.29, 0.717) is 32.9 Å². The molecule has 0 saturated heterocycles. The van der Waals surface area contributed by atoms with Crippen LogP contribution in [0.5, 0.6) is 0 Å². The van der Waals surface area contributed by atoms with E-state index in [2.05, 4.69) is 15.6 Å². The summed E-state index contributed by atoms with van der Waals surface area (Å²) in [6.07, 6.45) is 5.23. The maximum atomic E-state index is 13.1. The third-order valence-corrected chi connectivity index (χ3v) is 5.71. The topological polar surface area (TPSA) is 97.4 Å². The van der Waals surface area contributed by atoms with Crippen LogP contribution in [0.3, 0.4) is 0 Å². The van der Waals surface area contributed by atoms with Crippen LogP contribution in [-0.4, -0.2) is 29.4 Å². The number of hydrogen-bond donors (Lipinski definition) is 2. The molecule has 0 radical (unpaired) electrons. The number of nitrogens with one attached hydrogen (secondary N) is 2. The number of carbonyl (C=O) groups excluding carboxylic acids is 3. The number of anilines is 2. The first-order valence-electron chi connectivity index (χ1n) is 9.48. The number of hydrogen-bond acceptors (Lipinski definition) is 6. The zero-order chi connectivity index (χ0) is 20.8. The van der Waals surface area contributed by atoms with Crippen molar-refractivity contribution in [3.05, 3.63) is 39.9 Å². The molecule has 1 saturated carbocycles. The van der Waals surface area contributed by atoms with Crippen LogP contribution in [0.25, 0.3) is 0 Å². The van der Waals surface area contributed by atoms with Crippen LogP contribution in [0.4, 0.5) is 15.6 Å². The predicted octanol–water partition coefficient (Wildman–Crippen LogP) is 4.92. The van der Waals surface area contributed by atoms with Gasteiger partial charge in [-0.15, -0.1) is 0 Å². The summed E-state index contributed by atoms with van der Waals surface area (Å²) in [5.74, 6) is -0.430. The minimum absolute atomic E-state index is 0.0131. The van der Waals surface area contributed by atoms with Crippen molar-refractivity contribution in [3.63, 3.8) is 0 Å². The number of benzene rings is 1. The summed E-state index contributed by atoms with van der Waals surface area (Å²) in [5.41, 5.74) is 1.48. The summed E-state index contributed by atoms with van der Waals surface area (Å²) in [6, 6.07) is 4.51. The Labute approximate surface area is 177 Å². The Morgan fingerprint density at radius 2 is 2.00 bits per heavy atom. The molecule has 0 atom stereocenters. The maximum absolute atomic E-state index is 13.1. The minimum Gasteiger partial charge on any atom is -0.466 e. The number of aromatic nitrogens is 1. The molecule has 1 aromatic carbocycles. The summed E-state index contributed by atoms with van der Waals surface area (Å²) in [4.78, 5) is 41.2. The Hall–Kier alpha value is -2.45. The highest BCUT2D eigenvalue weighted by Crippen LogP contribution is 2.31. The van der Waals surface area contributed by atoms with E-state index in [1.54, 1.807) is 25.1 Å². The summed E-state index contributed by atoms with van der Waals surface area (Å²) in [6.45, 7) is 2.04. The Morgan fingerprint density at radius 3 is 2.66 bits per heavy atom. The number of ketones is 1. The van der Waals surface area contributed by atoms with Gasteiger partial charge in [-0.25, -0.2) is 9.78 Å². The summed E-state index contributed by atoms with van der Waals surface area (Å²) in [7, 11) is 0. The molecule has 1 aromatic heterocycles. The van der Waals surface area contributed by atoms with E-state index in [0.717, 1.165) is 37.0 Å². The number of Topliss-reactive ketones (excluding diaryl/α,β-unsaturated/α-hetero) is 1. The molecule has 1 heterocycles. The van der Waals surface area contributed by atoms with E-state index < -0.39 is 6.03 Å². The smallest absolute Gasteiger partial charge is 0.325 e. The van der Waals surface area contributed by atoms with Gasteiger partial charge < -0.3 is 10.1 Å². The highest BCUT2D eigenvalue weighted by molar-refractivity contribution is 7.19. The molecule has 1 aliphatic carbocycles. The zero-order valence-electron chi connectivity index (χ0n) is 16.0. The number of rotatable bonds is 7. The van der Waals surface area contributed by atoms with Gasteiger partial charge in [0, 0.05) is 11.5 Å². The van der Waals surface area contributed by atoms with Crippen LogP contribution in [0.15, 0.2) is 24.4 Å². The van der Waals surface area contributed by atoms with Crippen LogP contribution in [-0.2, 0) is 16.0 Å². The lowest BCUT2D eigenvalue weighted by Crippen LogP contribution is -2.22. The number of urea groups is 1. The molecule has 0 bridgehead atoms. The second-order valence-corrected chi connectivity index (χ2v) is 8.42. The molecule has 7 nitrogen and oxygen atoms in total. The van der Waals surface area contributed by atoms with Crippen LogP contribution >= 0.6 is 22.9 Å². The number of esters is 1. The van der Waals surface area contributed by atoms with E-state index in [4.69, 9.17) is 16.3 Å². The fourth-order valence-corrected chi connectivity index (χ4v) is 4.17. The summed E-state index contributed by atoms with van der Waals surface area (Å²) >= 11 is 6.96. The zero-order valence-corrected chi connectivity index (χ0v) is 17.6. The largest absolute Gasteiger partial charge is 0.466 e. The van der Waals surface area contributed by atoms with Crippen LogP contribution in [0.1, 0.15) is 48.5 Å². The van der Waals surface area contributed by atoms with Crippen molar-refractivity contribution in [2.24, 2.45) is 5.92 Å². The van der Waals surface area contributed by atoms with Crippen LogP contribution < -0.4 is 10.6 Å². The molecule has 1 fully saturated rings. The van der Waals surface area contributed by atoms with Gasteiger partial charge in [0.15, 0.2) is 10.9 Å². The van der Waals surface area contributed by atoms with Gasteiger partial charge in [-0.1, -0.05) is 41.8 Å². The number of amides is 2. The van der Waals surface area contributed by atoms with E-state index in [1.165, 1.54) is 6.20 Å². The van der Waals surface area contributed by atoms with Crippen molar-refractivity contribution in [1.82, 2.24) is 4.98 Å². The van der Waals surface area contributed by atoms with Gasteiger partial charge in [-0.2, -0.15) is 0 Å². The Morgan fingerprint density at radius 1 is 1.24 bits per heavy atom. The standard InChI is InChI=1S/C20H22ClN3O4S/c1-2-28-17(25)10-12-7-8-15(14(9-12)18(26)13-5-3-4-6-13)23-19(27)24-20-22-11-16(21)29-20/h7-9,11,13H,2-6,10H2,1H3,(H2,22,23,24,27). The molecule has 29 heavy (non-hydrogen) atoms. The van der Waals surface area contributed by atoms with Gasteiger partial charge in [0.1, 0.15) is 4.34 Å². The van der Waals surface area contributed by atoms with Gasteiger partial charge in [0.25, 0.3) is 0 Å². The molecular formula is C20H22ClN3O4S. The van der Waals surface area contributed by atoms with Crippen molar-refractivity contribution >= 4 is 51.5 Å². The van der Waals surface area contributed by atoms with E-state index >= 15 is 0 Å². The highest BCUT2D eigenvalue weighted by atomic mass is 35.5.